The van der Waals surface area contributed by atoms with E-state index in [1.165, 1.54) is 6.42 Å². The van der Waals surface area contributed by atoms with Gasteiger partial charge in [-0.05, 0) is 92.4 Å². The predicted molar refractivity (Wildman–Crippen MR) is 185 cm³/mol. The van der Waals surface area contributed by atoms with Gasteiger partial charge in [0.1, 0.15) is 0 Å². The van der Waals surface area contributed by atoms with Gasteiger partial charge in [-0.25, -0.2) is 9.98 Å². The van der Waals surface area contributed by atoms with Crippen molar-refractivity contribution >= 4 is 51.7 Å². The molecular formula is C34H45Cl2N7O2. The molecule has 7 rings (SSSR count). The number of likely N-dealkylation sites (tertiary alicyclic amines) is 1. The lowest BCUT2D eigenvalue weighted by Crippen LogP contribution is -2.58. The Kier molecular flexibility index (Phi) is 9.09. The molecule has 4 fully saturated rings. The van der Waals surface area contributed by atoms with Crippen LogP contribution in [0.15, 0.2) is 46.2 Å². The first-order valence-electron chi connectivity index (χ1n) is 16.1. The molecule has 2 aromatic carbocycles. The van der Waals surface area contributed by atoms with Crippen LogP contribution >= 0.6 is 23.2 Å². The van der Waals surface area contributed by atoms with Gasteiger partial charge in [0, 0.05) is 48.5 Å². The third-order valence-electron chi connectivity index (χ3n) is 10.4. The molecule has 11 heteroatoms. The second-order valence-electron chi connectivity index (χ2n) is 14.0. The van der Waals surface area contributed by atoms with Crippen LogP contribution in [0, 0.1) is 23.2 Å². The lowest BCUT2D eigenvalue weighted by molar-refractivity contribution is -0.108. The van der Waals surface area contributed by atoms with Gasteiger partial charge in [-0.15, -0.1) is 0 Å². The summed E-state index contributed by atoms with van der Waals surface area (Å²) >= 11 is 12.5. The lowest BCUT2D eigenvalue weighted by Gasteiger charge is -2.61. The lowest BCUT2D eigenvalue weighted by atomic mass is 9.45. The fourth-order valence-electron chi connectivity index (χ4n) is 7.39. The maximum atomic E-state index is 13.9. The topological polar surface area (TPSA) is 98.0 Å². The molecule has 0 unspecified atom stereocenters. The van der Waals surface area contributed by atoms with Crippen LogP contribution in [0.25, 0.3) is 10.9 Å². The van der Waals surface area contributed by atoms with Crippen LogP contribution in [-0.2, 0) is 13.0 Å². The van der Waals surface area contributed by atoms with Gasteiger partial charge in [0.25, 0.3) is 5.56 Å². The van der Waals surface area contributed by atoms with E-state index in [1.54, 1.807) is 10.6 Å². The van der Waals surface area contributed by atoms with Gasteiger partial charge in [0.15, 0.2) is 5.96 Å². The fraction of sp³-hybridized carbons (Fsp3) is 0.559. The predicted octanol–water partition coefficient (Wildman–Crippen LogP) is 5.43. The van der Waals surface area contributed by atoms with Gasteiger partial charge in [0.05, 0.1) is 23.0 Å². The maximum absolute atomic E-state index is 13.9. The molecule has 0 spiro atoms. The van der Waals surface area contributed by atoms with Crippen LogP contribution in [0.3, 0.4) is 0 Å². The van der Waals surface area contributed by atoms with E-state index in [1.807, 2.05) is 44.4 Å². The number of nitrogens with one attached hydrogen (secondary N) is 2. The first-order chi connectivity index (χ1) is 21.4. The number of anilines is 2. The van der Waals surface area contributed by atoms with Crippen molar-refractivity contribution in [2.24, 2.45) is 28.2 Å². The number of aryl methyl sites for hydroxylation is 1. The molecule has 9 nitrogen and oxygen atoms in total. The number of likely N-dealkylation sites (N-methyl/N-ethyl adjacent to an activating group) is 1. The average molecular weight is 655 g/mol. The van der Waals surface area contributed by atoms with Gasteiger partial charge in [0.2, 0.25) is 5.95 Å². The molecule has 2 heterocycles. The number of nitrogens with zero attached hydrogens (tertiary/aromatic N) is 5. The highest BCUT2D eigenvalue weighted by atomic mass is 35.5. The van der Waals surface area contributed by atoms with Crippen molar-refractivity contribution in [2.45, 2.75) is 58.7 Å². The molecule has 0 radical (unpaired) electrons. The molecule has 45 heavy (non-hydrogen) atoms. The fourth-order valence-corrected chi connectivity index (χ4v) is 7.89. The van der Waals surface area contributed by atoms with Crippen molar-refractivity contribution in [1.29, 1.82) is 0 Å². The number of benzene rings is 2. The van der Waals surface area contributed by atoms with E-state index in [9.17, 15) is 9.90 Å². The molecule has 2 bridgehead atoms. The molecular weight excluding hydrogens is 609 g/mol. The highest BCUT2D eigenvalue weighted by Gasteiger charge is 2.56. The van der Waals surface area contributed by atoms with E-state index in [0.717, 1.165) is 30.2 Å². The van der Waals surface area contributed by atoms with E-state index in [-0.39, 0.29) is 17.7 Å². The second-order valence-corrected chi connectivity index (χ2v) is 14.8. The minimum atomic E-state index is -0.344. The van der Waals surface area contributed by atoms with Gasteiger partial charge in [-0.2, -0.15) is 0 Å². The molecule has 1 aliphatic heterocycles. The number of hydrogen-bond donors (Lipinski definition) is 3. The summed E-state index contributed by atoms with van der Waals surface area (Å²) in [7, 11) is 4.02. The average Bonchev–Trinajstić information content (AvgIpc) is 2.96. The van der Waals surface area contributed by atoms with Crippen LogP contribution in [0.1, 0.15) is 39.2 Å². The van der Waals surface area contributed by atoms with Crippen molar-refractivity contribution < 1.29 is 5.11 Å². The zero-order valence-electron chi connectivity index (χ0n) is 26.9. The Labute approximate surface area is 275 Å². The quantitative estimate of drug-likeness (QED) is 0.209. The van der Waals surface area contributed by atoms with Crippen LogP contribution in [0.4, 0.5) is 11.6 Å². The number of guanidine groups is 1. The number of rotatable bonds is 9. The molecule has 242 valence electrons. The number of halogens is 2. The first-order valence-corrected chi connectivity index (χ1v) is 16.8. The summed E-state index contributed by atoms with van der Waals surface area (Å²) in [5.41, 5.74) is 2.62. The van der Waals surface area contributed by atoms with Gasteiger partial charge < -0.3 is 25.5 Å². The van der Waals surface area contributed by atoms with Crippen LogP contribution in [0.2, 0.25) is 10.0 Å². The monoisotopic (exact) mass is 653 g/mol. The number of aromatic nitrogens is 2. The summed E-state index contributed by atoms with van der Waals surface area (Å²) in [5.74, 6) is 3.21. The Bertz CT molecular complexity index is 1650. The zero-order valence-corrected chi connectivity index (χ0v) is 28.4. The summed E-state index contributed by atoms with van der Waals surface area (Å²) in [4.78, 5) is 28.3. The standard InChI is InChI=1S/C34H45Cl2N7O2/c1-20-27-14-22(34(27,2)3)15-29(20)39-33(42-18-25(44)19-42)38-24-8-9-26-30(17-24)40-32(37-11-13-41(4)5)43(31(26)45)12-10-21-6-7-23(35)16-28(21)36/h6-9,16-17,20,22,25,27,29,44H,10-15,18-19H2,1-5H3,(H,37,40)(H,38,39)/t20-,22-,27+,29-/m0/s1. The third-order valence-corrected chi connectivity index (χ3v) is 11.0. The molecule has 0 amide bonds. The molecule has 3 aromatic rings. The number of aliphatic imine (C=N–C) groups is 1. The minimum Gasteiger partial charge on any atom is -0.389 e. The van der Waals surface area contributed by atoms with Crippen LogP contribution in [-0.4, -0.2) is 82.8 Å². The minimum absolute atomic E-state index is 0.110. The van der Waals surface area contributed by atoms with Crippen molar-refractivity contribution in [3.05, 3.63) is 62.4 Å². The molecule has 4 atom stereocenters. The van der Waals surface area contributed by atoms with Crippen molar-refractivity contribution in [3.63, 3.8) is 0 Å². The Morgan fingerprint density at radius 2 is 1.93 bits per heavy atom. The third kappa shape index (κ3) is 6.55. The Morgan fingerprint density at radius 1 is 1.16 bits per heavy atom. The number of aliphatic hydroxyl groups is 1. The van der Waals surface area contributed by atoms with Crippen LogP contribution < -0.4 is 16.2 Å². The van der Waals surface area contributed by atoms with E-state index in [4.69, 9.17) is 33.2 Å². The van der Waals surface area contributed by atoms with Crippen molar-refractivity contribution in [2.75, 3.05) is 50.9 Å². The molecule has 1 saturated heterocycles. The molecule has 4 aliphatic rings. The van der Waals surface area contributed by atoms with Crippen molar-refractivity contribution in [3.8, 4) is 0 Å². The van der Waals surface area contributed by atoms with E-state index < -0.39 is 0 Å². The highest BCUT2D eigenvalue weighted by molar-refractivity contribution is 6.35. The van der Waals surface area contributed by atoms with Gasteiger partial charge >= 0.3 is 0 Å². The summed E-state index contributed by atoms with van der Waals surface area (Å²) in [6, 6.07) is 11.4. The first kappa shape index (κ1) is 32.1. The molecule has 3 saturated carbocycles. The Hall–Kier alpha value is -2.85. The van der Waals surface area contributed by atoms with Crippen molar-refractivity contribution in [1.82, 2.24) is 19.4 Å². The highest BCUT2D eigenvalue weighted by Crippen LogP contribution is 2.61. The zero-order chi connectivity index (χ0) is 32.0. The summed E-state index contributed by atoms with van der Waals surface area (Å²) in [6.45, 7) is 10.1. The Morgan fingerprint density at radius 3 is 2.60 bits per heavy atom. The summed E-state index contributed by atoms with van der Waals surface area (Å²) in [6.07, 6.45) is 2.61. The van der Waals surface area contributed by atoms with E-state index >= 15 is 0 Å². The molecule has 1 aromatic heterocycles. The van der Waals surface area contributed by atoms with E-state index in [0.29, 0.717) is 82.7 Å². The number of fused-ring (bicyclic) bond motifs is 3. The SMILES string of the molecule is C[C@@H]1[C@@H](/N=C(/Nc2ccc3c(=O)n(CCc4ccc(Cl)cc4Cl)c(NCCN(C)C)nc3c2)N2CC(O)C2)C[C@@H]2C[C@H]1C2(C)C. The number of β-amino-alcohol motifs (C(OH)–C–C–N with tert-alkyl or cyclic N) is 1. The molecule has 3 N–H and O–H groups in total. The maximum Gasteiger partial charge on any atom is 0.262 e. The Balaban J connectivity index is 1.29. The number of hydrogen-bond acceptors (Lipinski definition) is 6. The summed E-state index contributed by atoms with van der Waals surface area (Å²) < 4.78 is 1.70. The van der Waals surface area contributed by atoms with E-state index in [2.05, 4.69) is 41.2 Å². The second kappa shape index (κ2) is 12.7. The number of aliphatic hydroxyl groups excluding tert-OH is 1. The van der Waals surface area contributed by atoms with Crippen LogP contribution in [0.5, 0.6) is 0 Å². The normalized spacial score (nSPS) is 24.5. The smallest absolute Gasteiger partial charge is 0.262 e. The molecule has 3 aliphatic carbocycles. The summed E-state index contributed by atoms with van der Waals surface area (Å²) in [5, 5.41) is 18.7. The van der Waals surface area contributed by atoms with Gasteiger partial charge in [-0.3, -0.25) is 9.36 Å². The largest absolute Gasteiger partial charge is 0.389 e. The van der Waals surface area contributed by atoms with Gasteiger partial charge in [-0.1, -0.05) is 50.0 Å².